The Morgan fingerprint density at radius 1 is 1.25 bits per heavy atom. The molecule has 0 spiro atoms. The molecule has 20 heavy (non-hydrogen) atoms. The second-order valence-electron chi connectivity index (χ2n) is 6.75. The number of benzene rings is 1. The van der Waals surface area contributed by atoms with Crippen LogP contribution in [0.2, 0.25) is 0 Å². The summed E-state index contributed by atoms with van der Waals surface area (Å²) in [4.78, 5) is 2.60. The maximum Gasteiger partial charge on any atom is 0.0244 e. The van der Waals surface area contributed by atoms with Gasteiger partial charge in [-0.15, -0.1) is 0 Å². The lowest BCUT2D eigenvalue weighted by molar-refractivity contribution is 0.255. The third-order valence-corrected chi connectivity index (χ3v) is 5.06. The van der Waals surface area contributed by atoms with Crippen LogP contribution in [0.3, 0.4) is 0 Å². The highest BCUT2D eigenvalue weighted by Gasteiger charge is 2.23. The zero-order valence-corrected chi connectivity index (χ0v) is 14.6. The SMILES string of the molecule is CNCc1ccc(CN2CCCC(C)(C)CC2)c(Br)c1. The van der Waals surface area contributed by atoms with Crippen LogP contribution in [-0.2, 0) is 13.1 Å². The monoisotopic (exact) mass is 338 g/mol. The molecule has 1 aliphatic rings. The molecule has 1 saturated heterocycles. The van der Waals surface area contributed by atoms with Crippen LogP contribution in [0.15, 0.2) is 22.7 Å². The second kappa shape index (κ2) is 7.06. The minimum absolute atomic E-state index is 0.517. The van der Waals surface area contributed by atoms with Crippen molar-refractivity contribution in [3.63, 3.8) is 0 Å². The number of hydrogen-bond donors (Lipinski definition) is 1. The molecule has 112 valence electrons. The maximum absolute atomic E-state index is 3.73. The van der Waals surface area contributed by atoms with Crippen molar-refractivity contribution < 1.29 is 0 Å². The number of halogens is 1. The molecule has 3 heteroatoms. The van der Waals surface area contributed by atoms with E-state index in [2.05, 4.69) is 58.2 Å². The molecule has 0 bridgehead atoms. The average Bonchev–Trinajstić information content (AvgIpc) is 2.55. The van der Waals surface area contributed by atoms with E-state index in [1.807, 2.05) is 7.05 Å². The van der Waals surface area contributed by atoms with E-state index in [0.29, 0.717) is 5.41 Å². The van der Waals surface area contributed by atoms with Gasteiger partial charge in [0, 0.05) is 17.6 Å². The zero-order chi connectivity index (χ0) is 14.6. The van der Waals surface area contributed by atoms with Gasteiger partial charge in [-0.25, -0.2) is 0 Å². The minimum Gasteiger partial charge on any atom is -0.316 e. The largest absolute Gasteiger partial charge is 0.316 e. The Morgan fingerprint density at radius 3 is 2.75 bits per heavy atom. The van der Waals surface area contributed by atoms with E-state index in [-0.39, 0.29) is 0 Å². The van der Waals surface area contributed by atoms with Gasteiger partial charge in [0.15, 0.2) is 0 Å². The van der Waals surface area contributed by atoms with Gasteiger partial charge in [-0.1, -0.05) is 41.9 Å². The number of likely N-dealkylation sites (tertiary alicyclic amines) is 1. The summed E-state index contributed by atoms with van der Waals surface area (Å²) >= 11 is 3.73. The molecule has 0 atom stereocenters. The summed E-state index contributed by atoms with van der Waals surface area (Å²) in [6.07, 6.45) is 3.98. The molecular weight excluding hydrogens is 312 g/mol. The third-order valence-electron chi connectivity index (χ3n) is 4.33. The molecule has 1 heterocycles. The van der Waals surface area contributed by atoms with Crippen LogP contribution in [0, 0.1) is 5.41 Å². The molecule has 0 saturated carbocycles. The van der Waals surface area contributed by atoms with Crippen LogP contribution < -0.4 is 5.32 Å². The molecule has 0 aliphatic carbocycles. The van der Waals surface area contributed by atoms with Crippen molar-refractivity contribution >= 4 is 15.9 Å². The molecule has 0 unspecified atom stereocenters. The molecule has 1 aromatic carbocycles. The Hall–Kier alpha value is -0.380. The summed E-state index contributed by atoms with van der Waals surface area (Å²) < 4.78 is 1.24. The topological polar surface area (TPSA) is 15.3 Å². The zero-order valence-electron chi connectivity index (χ0n) is 13.0. The Bertz CT molecular complexity index is 443. The van der Waals surface area contributed by atoms with Crippen LogP contribution in [0.5, 0.6) is 0 Å². The second-order valence-corrected chi connectivity index (χ2v) is 7.60. The lowest BCUT2D eigenvalue weighted by atomic mass is 9.85. The first kappa shape index (κ1) is 16.0. The Labute approximate surface area is 132 Å². The smallest absolute Gasteiger partial charge is 0.0244 e. The molecule has 1 N–H and O–H groups in total. The van der Waals surface area contributed by atoms with Gasteiger partial charge in [-0.05, 0) is 62.0 Å². The van der Waals surface area contributed by atoms with Gasteiger partial charge in [0.1, 0.15) is 0 Å². The lowest BCUT2D eigenvalue weighted by Gasteiger charge is -2.23. The molecule has 0 aromatic heterocycles. The fourth-order valence-corrected chi connectivity index (χ4v) is 3.46. The fraction of sp³-hybridized carbons (Fsp3) is 0.647. The highest BCUT2D eigenvalue weighted by atomic mass is 79.9. The predicted octanol–water partition coefficient (Wildman–Crippen LogP) is 4.18. The first-order valence-electron chi connectivity index (χ1n) is 7.64. The van der Waals surface area contributed by atoms with Crippen molar-refractivity contribution in [2.75, 3.05) is 20.1 Å². The van der Waals surface area contributed by atoms with Crippen LogP contribution >= 0.6 is 15.9 Å². The number of nitrogens with one attached hydrogen (secondary N) is 1. The number of hydrogen-bond acceptors (Lipinski definition) is 2. The van der Waals surface area contributed by atoms with E-state index >= 15 is 0 Å². The highest BCUT2D eigenvalue weighted by molar-refractivity contribution is 9.10. The molecule has 1 fully saturated rings. The first-order chi connectivity index (χ1) is 9.50. The summed E-state index contributed by atoms with van der Waals surface area (Å²) in [5.74, 6) is 0. The van der Waals surface area contributed by atoms with Gasteiger partial charge in [-0.3, -0.25) is 4.90 Å². The summed E-state index contributed by atoms with van der Waals surface area (Å²) in [5, 5.41) is 3.20. The average molecular weight is 339 g/mol. The Balaban J connectivity index is 1.99. The van der Waals surface area contributed by atoms with Crippen molar-refractivity contribution in [3.8, 4) is 0 Å². The fourth-order valence-electron chi connectivity index (χ4n) is 2.91. The van der Waals surface area contributed by atoms with Crippen molar-refractivity contribution in [1.82, 2.24) is 10.2 Å². The first-order valence-corrected chi connectivity index (χ1v) is 8.44. The van der Waals surface area contributed by atoms with Gasteiger partial charge in [0.25, 0.3) is 0 Å². The Kier molecular flexibility index (Phi) is 5.65. The molecule has 1 aliphatic heterocycles. The van der Waals surface area contributed by atoms with Gasteiger partial charge < -0.3 is 5.32 Å². The highest BCUT2D eigenvalue weighted by Crippen LogP contribution is 2.30. The maximum atomic E-state index is 3.73. The number of nitrogens with zero attached hydrogens (tertiary/aromatic N) is 1. The van der Waals surface area contributed by atoms with Crippen molar-refractivity contribution in [3.05, 3.63) is 33.8 Å². The quantitative estimate of drug-likeness (QED) is 0.885. The van der Waals surface area contributed by atoms with E-state index in [0.717, 1.165) is 13.1 Å². The molecule has 2 nitrogen and oxygen atoms in total. The third kappa shape index (κ3) is 4.57. The molecule has 2 rings (SSSR count). The summed E-state index contributed by atoms with van der Waals surface area (Å²) in [6.45, 7) is 9.25. The van der Waals surface area contributed by atoms with Gasteiger partial charge in [0.2, 0.25) is 0 Å². The van der Waals surface area contributed by atoms with Crippen LogP contribution in [-0.4, -0.2) is 25.0 Å². The molecular formula is C17H27BrN2. The minimum atomic E-state index is 0.517. The van der Waals surface area contributed by atoms with Crippen molar-refractivity contribution in [1.29, 1.82) is 0 Å². The van der Waals surface area contributed by atoms with Crippen molar-refractivity contribution in [2.45, 2.75) is 46.2 Å². The standard InChI is InChI=1S/C17H27BrN2/c1-17(2)7-4-9-20(10-8-17)13-15-6-5-14(12-19-3)11-16(15)18/h5-6,11,19H,4,7-10,12-13H2,1-3H3. The molecule has 0 radical (unpaired) electrons. The van der Waals surface area contributed by atoms with Gasteiger partial charge in [-0.2, -0.15) is 0 Å². The predicted molar refractivity (Wildman–Crippen MR) is 89.8 cm³/mol. The summed E-state index contributed by atoms with van der Waals surface area (Å²) in [7, 11) is 1.99. The lowest BCUT2D eigenvalue weighted by Crippen LogP contribution is -2.25. The molecule has 0 amide bonds. The van der Waals surface area contributed by atoms with Crippen LogP contribution in [0.25, 0.3) is 0 Å². The van der Waals surface area contributed by atoms with Crippen molar-refractivity contribution in [2.24, 2.45) is 5.41 Å². The van der Waals surface area contributed by atoms with Crippen LogP contribution in [0.4, 0.5) is 0 Å². The van der Waals surface area contributed by atoms with E-state index in [9.17, 15) is 0 Å². The van der Waals surface area contributed by atoms with E-state index in [4.69, 9.17) is 0 Å². The number of rotatable bonds is 4. The Morgan fingerprint density at radius 2 is 2.05 bits per heavy atom. The van der Waals surface area contributed by atoms with E-state index < -0.39 is 0 Å². The van der Waals surface area contributed by atoms with Crippen LogP contribution in [0.1, 0.15) is 44.2 Å². The van der Waals surface area contributed by atoms with Gasteiger partial charge in [0.05, 0.1) is 0 Å². The molecule has 1 aromatic rings. The van der Waals surface area contributed by atoms with E-state index in [1.165, 1.54) is 48.0 Å². The summed E-state index contributed by atoms with van der Waals surface area (Å²) in [6, 6.07) is 6.75. The summed E-state index contributed by atoms with van der Waals surface area (Å²) in [5.41, 5.74) is 3.26. The normalized spacial score (nSPS) is 19.8. The van der Waals surface area contributed by atoms with E-state index in [1.54, 1.807) is 0 Å². The van der Waals surface area contributed by atoms with Gasteiger partial charge >= 0.3 is 0 Å².